The molecule has 31 heavy (non-hydrogen) atoms. The molecule has 1 unspecified atom stereocenters. The average molecular weight is 433 g/mol. The van der Waals surface area contributed by atoms with Crippen molar-refractivity contribution in [1.29, 1.82) is 0 Å². The van der Waals surface area contributed by atoms with Crippen LogP contribution < -0.4 is 4.90 Å². The minimum atomic E-state index is -0.514. The zero-order chi connectivity index (χ0) is 22.4. The summed E-state index contributed by atoms with van der Waals surface area (Å²) in [6.45, 7) is 6.37. The first-order chi connectivity index (χ1) is 14.9. The lowest BCUT2D eigenvalue weighted by Gasteiger charge is -2.28. The van der Waals surface area contributed by atoms with Crippen LogP contribution >= 0.6 is 0 Å². The van der Waals surface area contributed by atoms with Crippen molar-refractivity contribution in [2.45, 2.75) is 45.6 Å². The summed E-state index contributed by atoms with van der Waals surface area (Å²) in [5.74, 6) is 0.261. The van der Waals surface area contributed by atoms with E-state index < -0.39 is 6.10 Å². The normalized spacial score (nSPS) is 16.9. The highest BCUT2D eigenvalue weighted by Gasteiger charge is 2.30. The lowest BCUT2D eigenvalue weighted by Crippen LogP contribution is -2.34. The first-order valence-corrected chi connectivity index (χ1v) is 11.0. The van der Waals surface area contributed by atoms with Gasteiger partial charge in [0.2, 0.25) is 0 Å². The number of carbonyl (C=O) groups is 3. The van der Waals surface area contributed by atoms with Gasteiger partial charge in [0, 0.05) is 53.1 Å². The molecule has 2 aliphatic rings. The molecule has 1 aromatic heterocycles. The maximum atomic E-state index is 12.7. The molecule has 0 saturated carbocycles. The molecule has 9 nitrogen and oxygen atoms in total. The minimum absolute atomic E-state index is 0.107. The van der Waals surface area contributed by atoms with Gasteiger partial charge in [-0.2, -0.15) is 0 Å². The molecule has 1 fully saturated rings. The number of amides is 2. The second kappa shape index (κ2) is 10.5. The van der Waals surface area contributed by atoms with Gasteiger partial charge < -0.3 is 24.2 Å². The van der Waals surface area contributed by atoms with Crippen LogP contribution in [-0.2, 0) is 25.5 Å². The van der Waals surface area contributed by atoms with Crippen molar-refractivity contribution in [1.82, 2.24) is 14.8 Å². The van der Waals surface area contributed by atoms with Gasteiger partial charge in [-0.15, -0.1) is 0 Å². The second-order valence-corrected chi connectivity index (χ2v) is 7.94. The Bertz CT molecular complexity index is 815. The molecule has 170 valence electrons. The van der Waals surface area contributed by atoms with E-state index in [0.717, 1.165) is 25.2 Å². The highest BCUT2D eigenvalue weighted by Crippen LogP contribution is 2.28. The molecule has 0 aromatic carbocycles. The minimum Gasteiger partial charge on any atom is -0.466 e. The van der Waals surface area contributed by atoms with Crippen LogP contribution in [0.25, 0.3) is 0 Å². The molecule has 0 spiro atoms. The quantitative estimate of drug-likeness (QED) is 0.552. The molecule has 1 atom stereocenters. The Balaban J connectivity index is 1.61. The third kappa shape index (κ3) is 5.86. The topological polar surface area (TPSA) is 92.3 Å². The van der Waals surface area contributed by atoms with E-state index in [4.69, 9.17) is 14.5 Å². The first kappa shape index (κ1) is 22.8. The van der Waals surface area contributed by atoms with Gasteiger partial charge in [0.1, 0.15) is 11.9 Å². The van der Waals surface area contributed by atoms with E-state index >= 15 is 0 Å². The monoisotopic (exact) mass is 432 g/mol. The van der Waals surface area contributed by atoms with Crippen LogP contribution in [0, 0.1) is 0 Å². The van der Waals surface area contributed by atoms with Crippen molar-refractivity contribution < 1.29 is 23.9 Å². The summed E-state index contributed by atoms with van der Waals surface area (Å²) in [6, 6.07) is 3.87. The number of carbonyl (C=O) groups excluding carboxylic acids is 3. The number of hydrogen-bond acceptors (Lipinski definition) is 7. The van der Waals surface area contributed by atoms with Gasteiger partial charge in [0.25, 0.3) is 0 Å². The lowest BCUT2D eigenvalue weighted by atomic mass is 10.0. The van der Waals surface area contributed by atoms with Gasteiger partial charge >= 0.3 is 18.0 Å². The number of rotatable bonds is 9. The Labute approximate surface area is 183 Å². The average Bonchev–Trinajstić information content (AvgIpc) is 3.09. The Morgan fingerprint density at radius 3 is 2.61 bits per heavy atom. The first-order valence-electron chi connectivity index (χ1n) is 11.0. The molecule has 0 bridgehead atoms. The van der Waals surface area contributed by atoms with Gasteiger partial charge in [-0.05, 0) is 31.4 Å². The van der Waals surface area contributed by atoms with Crippen LogP contribution in [0.15, 0.2) is 12.1 Å². The van der Waals surface area contributed by atoms with Crippen molar-refractivity contribution in [3.05, 3.63) is 23.4 Å². The van der Waals surface area contributed by atoms with Crippen molar-refractivity contribution in [3.8, 4) is 0 Å². The fourth-order valence-corrected chi connectivity index (χ4v) is 4.06. The van der Waals surface area contributed by atoms with Crippen LogP contribution in [0.4, 0.5) is 10.6 Å². The number of esters is 2. The lowest BCUT2D eigenvalue weighted by molar-refractivity contribution is -0.147. The molecule has 2 aliphatic heterocycles. The maximum Gasteiger partial charge on any atom is 0.320 e. The zero-order valence-electron chi connectivity index (χ0n) is 18.6. The van der Waals surface area contributed by atoms with Gasteiger partial charge in [-0.25, -0.2) is 9.78 Å². The van der Waals surface area contributed by atoms with Gasteiger partial charge in [0.05, 0.1) is 18.7 Å². The van der Waals surface area contributed by atoms with Gasteiger partial charge in [-0.1, -0.05) is 6.07 Å². The predicted octanol–water partition coefficient (Wildman–Crippen LogP) is 2.15. The fraction of sp³-hybridized carbons (Fsp3) is 0.636. The number of aromatic nitrogens is 1. The molecular formula is C22H32N4O5. The van der Waals surface area contributed by atoms with Gasteiger partial charge in [0.15, 0.2) is 0 Å². The number of fused-ring (bicyclic) bond motifs is 1. The van der Waals surface area contributed by atoms with Crippen molar-refractivity contribution in [3.63, 3.8) is 0 Å². The molecule has 0 aliphatic carbocycles. The second-order valence-electron chi connectivity index (χ2n) is 7.94. The van der Waals surface area contributed by atoms with Gasteiger partial charge in [-0.3, -0.25) is 9.59 Å². The molecule has 0 N–H and O–H groups in total. The van der Waals surface area contributed by atoms with Crippen LogP contribution in [0.5, 0.6) is 0 Å². The number of hydrogen-bond donors (Lipinski definition) is 0. The van der Waals surface area contributed by atoms with E-state index in [1.807, 2.05) is 13.1 Å². The number of pyridine rings is 1. The highest BCUT2D eigenvalue weighted by atomic mass is 16.5. The summed E-state index contributed by atoms with van der Waals surface area (Å²) in [4.78, 5) is 46.2. The Morgan fingerprint density at radius 1 is 1.16 bits per heavy atom. The molecule has 3 heterocycles. The van der Waals surface area contributed by atoms with Crippen LogP contribution in [0.3, 0.4) is 0 Å². The Kier molecular flexibility index (Phi) is 7.70. The smallest absolute Gasteiger partial charge is 0.320 e. The fourth-order valence-electron chi connectivity index (χ4n) is 4.06. The van der Waals surface area contributed by atoms with Crippen LogP contribution in [0.1, 0.15) is 50.5 Å². The van der Waals surface area contributed by atoms with Crippen LogP contribution in [0.2, 0.25) is 0 Å². The Morgan fingerprint density at radius 2 is 1.90 bits per heavy atom. The number of anilines is 1. The van der Waals surface area contributed by atoms with E-state index in [2.05, 4.69) is 11.0 Å². The highest BCUT2D eigenvalue weighted by molar-refractivity contribution is 5.77. The molecule has 0 radical (unpaired) electrons. The number of nitrogens with zero attached hydrogens (tertiary/aromatic N) is 4. The summed E-state index contributed by atoms with van der Waals surface area (Å²) >= 11 is 0. The van der Waals surface area contributed by atoms with E-state index in [1.165, 1.54) is 12.5 Å². The largest absolute Gasteiger partial charge is 0.466 e. The summed E-state index contributed by atoms with van der Waals surface area (Å²) < 4.78 is 10.5. The van der Waals surface area contributed by atoms with Crippen molar-refractivity contribution in [2.75, 3.05) is 51.3 Å². The molecule has 1 saturated heterocycles. The number of aryl methyl sites for hydroxylation is 1. The number of urea groups is 1. The van der Waals surface area contributed by atoms with E-state index in [-0.39, 0.29) is 24.4 Å². The van der Waals surface area contributed by atoms with Crippen molar-refractivity contribution in [2.24, 2.45) is 0 Å². The zero-order valence-corrected chi connectivity index (χ0v) is 18.6. The summed E-state index contributed by atoms with van der Waals surface area (Å²) in [6.07, 6.45) is 2.23. The molecule has 9 heteroatoms. The van der Waals surface area contributed by atoms with Crippen molar-refractivity contribution >= 4 is 23.8 Å². The standard InChI is InChI=1S/C22H32N4O5/c1-4-30-20(28)10-13-26-15-14-25(22(26)29)12-9-19(31-16(2)27)18-8-7-17-6-5-11-24(3)21(17)23-18/h7-8,19H,4-6,9-15H2,1-3H3. The maximum absolute atomic E-state index is 12.7. The van der Waals surface area contributed by atoms with E-state index in [0.29, 0.717) is 44.9 Å². The molecule has 1 aromatic rings. The molecule has 3 rings (SSSR count). The SMILES string of the molecule is CCOC(=O)CCN1CCN(CCC(OC(C)=O)c2ccc3c(n2)N(C)CCC3)C1=O. The molecular weight excluding hydrogens is 400 g/mol. The summed E-state index contributed by atoms with van der Waals surface area (Å²) in [7, 11) is 2.02. The van der Waals surface area contributed by atoms with E-state index in [9.17, 15) is 14.4 Å². The van der Waals surface area contributed by atoms with E-state index in [1.54, 1.807) is 16.7 Å². The molecule has 2 amide bonds. The number of ether oxygens (including phenoxy) is 2. The Hall–Kier alpha value is -2.84. The summed E-state index contributed by atoms with van der Waals surface area (Å²) in [5.41, 5.74) is 1.90. The third-order valence-corrected chi connectivity index (χ3v) is 5.65. The van der Waals surface area contributed by atoms with Crippen LogP contribution in [-0.4, -0.2) is 79.1 Å². The third-order valence-electron chi connectivity index (χ3n) is 5.65. The summed E-state index contributed by atoms with van der Waals surface area (Å²) in [5, 5.41) is 0. The predicted molar refractivity (Wildman–Crippen MR) is 115 cm³/mol.